The van der Waals surface area contributed by atoms with Crippen molar-refractivity contribution >= 4 is 15.9 Å². The monoisotopic (exact) mass is 403 g/mol. The molecule has 0 saturated carbocycles. The topological polar surface area (TPSA) is 71.4 Å². The second kappa shape index (κ2) is 8.49. The molecule has 1 saturated heterocycles. The van der Waals surface area contributed by atoms with Crippen molar-refractivity contribution in [2.75, 3.05) is 13.1 Å². The van der Waals surface area contributed by atoms with Crippen molar-refractivity contribution < 1.29 is 13.2 Å². The summed E-state index contributed by atoms with van der Waals surface area (Å²) in [5.41, 5.74) is 2.35. The summed E-state index contributed by atoms with van der Waals surface area (Å²) in [5, 5.41) is 3.08. The number of piperidine rings is 1. The second-order valence-electron chi connectivity index (χ2n) is 7.52. The van der Waals surface area contributed by atoms with Crippen LogP contribution >= 0.6 is 0 Å². The number of rotatable bonds is 6. The molecule has 0 unspecified atom stereocenters. The Morgan fingerprint density at radius 3 is 2.36 bits per heavy atom. The molecule has 1 aromatic carbocycles. The molecule has 0 bridgehead atoms. The molecular weight excluding hydrogens is 374 g/mol. The summed E-state index contributed by atoms with van der Waals surface area (Å²) in [6.45, 7) is 4.84. The maximum absolute atomic E-state index is 12.7. The summed E-state index contributed by atoms with van der Waals surface area (Å²) in [4.78, 5) is 13.0. The predicted octanol–water partition coefficient (Wildman–Crippen LogP) is 2.87. The number of amides is 1. The molecule has 1 atom stereocenters. The maximum atomic E-state index is 12.7. The fourth-order valence-electron chi connectivity index (χ4n) is 3.59. The lowest BCUT2D eigenvalue weighted by Crippen LogP contribution is -2.43. The van der Waals surface area contributed by atoms with Crippen molar-refractivity contribution in [3.05, 3.63) is 53.9 Å². The fraction of sp³-hybridized carbons (Fsp3) is 0.476. The van der Waals surface area contributed by atoms with Gasteiger partial charge in [0.05, 0.1) is 10.9 Å². The molecule has 6 nitrogen and oxygen atoms in total. The molecule has 1 N–H and O–H groups in total. The highest BCUT2D eigenvalue weighted by molar-refractivity contribution is 7.89. The minimum Gasteiger partial charge on any atom is -0.356 e. The van der Waals surface area contributed by atoms with Gasteiger partial charge >= 0.3 is 0 Å². The molecule has 1 aliphatic rings. The first-order chi connectivity index (χ1) is 13.3. The summed E-state index contributed by atoms with van der Waals surface area (Å²) in [5.74, 6) is -0.150. The number of carbonyl (C=O) groups excluding carboxylic acids is 1. The van der Waals surface area contributed by atoms with Crippen LogP contribution in [0.5, 0.6) is 0 Å². The van der Waals surface area contributed by atoms with Crippen LogP contribution in [0.15, 0.2) is 47.6 Å². The summed E-state index contributed by atoms with van der Waals surface area (Å²) < 4.78 is 28.6. The van der Waals surface area contributed by atoms with Gasteiger partial charge in [0.2, 0.25) is 15.9 Å². The van der Waals surface area contributed by atoms with Crippen molar-refractivity contribution in [3.8, 4) is 0 Å². The van der Waals surface area contributed by atoms with Crippen molar-refractivity contribution in [2.45, 2.75) is 44.0 Å². The van der Waals surface area contributed by atoms with E-state index in [4.69, 9.17) is 0 Å². The lowest BCUT2D eigenvalue weighted by Gasteiger charge is -2.31. The summed E-state index contributed by atoms with van der Waals surface area (Å²) >= 11 is 0. The molecule has 28 heavy (non-hydrogen) atoms. The fourth-order valence-corrected chi connectivity index (χ4v) is 5.12. The number of carbonyl (C=O) groups is 1. The first-order valence-corrected chi connectivity index (χ1v) is 11.3. The van der Waals surface area contributed by atoms with E-state index in [0.717, 1.165) is 12.0 Å². The Bertz CT molecular complexity index is 911. The van der Waals surface area contributed by atoms with E-state index in [1.165, 1.54) is 9.87 Å². The number of nitrogens with zero attached hydrogens (tertiary/aromatic N) is 2. The Morgan fingerprint density at radius 1 is 1.18 bits per heavy atom. The summed E-state index contributed by atoms with van der Waals surface area (Å²) in [7, 11) is -1.68. The van der Waals surface area contributed by atoms with Gasteiger partial charge in [-0.2, -0.15) is 4.31 Å². The maximum Gasteiger partial charge on any atom is 0.244 e. The van der Waals surface area contributed by atoms with E-state index in [0.29, 0.717) is 30.8 Å². The highest BCUT2D eigenvalue weighted by Crippen LogP contribution is 2.25. The minimum absolute atomic E-state index is 0.00354. The highest BCUT2D eigenvalue weighted by atomic mass is 32.2. The van der Waals surface area contributed by atoms with Gasteiger partial charge in [0.1, 0.15) is 0 Å². The van der Waals surface area contributed by atoms with Crippen molar-refractivity contribution in [3.63, 3.8) is 0 Å². The van der Waals surface area contributed by atoms with Crippen LogP contribution in [0.25, 0.3) is 0 Å². The van der Waals surface area contributed by atoms with Gasteiger partial charge in [-0.1, -0.05) is 31.2 Å². The van der Waals surface area contributed by atoms with Gasteiger partial charge in [-0.3, -0.25) is 4.79 Å². The Morgan fingerprint density at radius 2 is 1.82 bits per heavy atom. The van der Waals surface area contributed by atoms with Crippen LogP contribution in [0.1, 0.15) is 43.9 Å². The lowest BCUT2D eigenvalue weighted by atomic mass is 9.96. The van der Waals surface area contributed by atoms with Gasteiger partial charge in [-0.25, -0.2) is 8.42 Å². The van der Waals surface area contributed by atoms with Crippen molar-refractivity contribution in [1.29, 1.82) is 0 Å². The number of sulfonamides is 1. The van der Waals surface area contributed by atoms with Crippen LogP contribution in [-0.4, -0.2) is 36.3 Å². The molecule has 3 rings (SSSR count). The zero-order valence-electron chi connectivity index (χ0n) is 16.8. The van der Waals surface area contributed by atoms with Crippen LogP contribution in [-0.2, 0) is 28.3 Å². The van der Waals surface area contributed by atoms with E-state index in [1.807, 2.05) is 6.92 Å². The van der Waals surface area contributed by atoms with E-state index < -0.39 is 10.0 Å². The number of nitrogens with one attached hydrogen (secondary N) is 1. The van der Waals surface area contributed by atoms with E-state index in [-0.39, 0.29) is 17.9 Å². The minimum atomic E-state index is -3.48. The van der Waals surface area contributed by atoms with E-state index in [2.05, 4.69) is 36.5 Å². The molecule has 1 amide bonds. The zero-order valence-corrected chi connectivity index (χ0v) is 17.6. The largest absolute Gasteiger partial charge is 0.356 e. The van der Waals surface area contributed by atoms with Crippen LogP contribution in [0, 0.1) is 5.92 Å². The number of aromatic nitrogens is 1. The standard InChI is InChI=1S/C21H29N3O3S/c1-4-17-5-7-18(8-6-17)16(2)22-21(25)19-9-13-24(14-10-19)28(26,27)20-11-12-23(3)15-20/h5-8,11-12,15-16,19H,4,9-10,13-14H2,1-3H3,(H,22,25)/t16-/m0/s1. The highest BCUT2D eigenvalue weighted by Gasteiger charge is 2.32. The molecule has 152 valence electrons. The van der Waals surface area contributed by atoms with Crippen molar-refractivity contribution in [1.82, 2.24) is 14.2 Å². The molecule has 2 heterocycles. The Hall–Kier alpha value is -2.12. The van der Waals surface area contributed by atoms with Gasteiger partial charge in [0.25, 0.3) is 0 Å². The quantitative estimate of drug-likeness (QED) is 0.806. The van der Waals surface area contributed by atoms with Gasteiger partial charge in [0, 0.05) is 38.4 Å². The number of hydrogen-bond donors (Lipinski definition) is 1. The Balaban J connectivity index is 1.56. The van der Waals surface area contributed by atoms with Gasteiger partial charge in [0.15, 0.2) is 0 Å². The predicted molar refractivity (Wildman–Crippen MR) is 109 cm³/mol. The number of aryl methyl sites for hydroxylation is 2. The van der Waals surface area contributed by atoms with Crippen molar-refractivity contribution in [2.24, 2.45) is 13.0 Å². The molecule has 7 heteroatoms. The van der Waals surface area contributed by atoms with Gasteiger partial charge < -0.3 is 9.88 Å². The van der Waals surface area contributed by atoms with E-state index >= 15 is 0 Å². The normalized spacial score (nSPS) is 17.4. The summed E-state index contributed by atoms with van der Waals surface area (Å²) in [6, 6.07) is 9.83. The number of hydrogen-bond acceptors (Lipinski definition) is 3. The third-order valence-electron chi connectivity index (χ3n) is 5.51. The van der Waals surface area contributed by atoms with Gasteiger partial charge in [-0.05, 0) is 43.4 Å². The molecule has 1 fully saturated rings. The lowest BCUT2D eigenvalue weighted by molar-refractivity contribution is -0.126. The molecule has 2 aromatic rings. The third kappa shape index (κ3) is 4.47. The van der Waals surface area contributed by atoms with Crippen LogP contribution in [0.3, 0.4) is 0 Å². The zero-order chi connectivity index (χ0) is 20.3. The molecule has 1 aromatic heterocycles. The van der Waals surface area contributed by atoms with E-state index in [9.17, 15) is 13.2 Å². The van der Waals surface area contributed by atoms with E-state index in [1.54, 1.807) is 30.1 Å². The summed E-state index contributed by atoms with van der Waals surface area (Å²) in [6.07, 6.45) is 5.41. The Labute approximate surface area is 167 Å². The second-order valence-corrected chi connectivity index (χ2v) is 9.45. The first kappa shape index (κ1) is 20.6. The third-order valence-corrected chi connectivity index (χ3v) is 7.40. The molecule has 1 aliphatic heterocycles. The molecule has 0 spiro atoms. The van der Waals surface area contributed by atoms with Crippen LogP contribution in [0.2, 0.25) is 0 Å². The molecule has 0 radical (unpaired) electrons. The SMILES string of the molecule is CCc1ccc([C@H](C)NC(=O)C2CCN(S(=O)(=O)c3ccn(C)c3)CC2)cc1. The van der Waals surface area contributed by atoms with Crippen LogP contribution < -0.4 is 5.32 Å². The average Bonchev–Trinajstić information content (AvgIpc) is 3.15. The van der Waals surface area contributed by atoms with Crippen LogP contribution in [0.4, 0.5) is 0 Å². The van der Waals surface area contributed by atoms with Gasteiger partial charge in [-0.15, -0.1) is 0 Å². The molecular formula is C21H29N3O3S. The molecule has 0 aliphatic carbocycles. The first-order valence-electron chi connectivity index (χ1n) is 9.82. The number of benzene rings is 1. The smallest absolute Gasteiger partial charge is 0.244 e. The Kier molecular flexibility index (Phi) is 6.25. The average molecular weight is 404 g/mol.